The summed E-state index contributed by atoms with van der Waals surface area (Å²) in [6, 6.07) is 13.8. The molecule has 0 spiro atoms. The van der Waals surface area contributed by atoms with E-state index in [1.54, 1.807) is 25.3 Å². The van der Waals surface area contributed by atoms with Crippen LogP contribution in [-0.4, -0.2) is 31.0 Å². The fourth-order valence-electron chi connectivity index (χ4n) is 2.56. The molecule has 0 aliphatic rings. The van der Waals surface area contributed by atoms with Gasteiger partial charge in [-0.05, 0) is 42.8 Å². The number of carbonyl (C=O) groups is 1. The third kappa shape index (κ3) is 5.35. The average Bonchev–Trinajstić information content (AvgIpc) is 2.55. The van der Waals surface area contributed by atoms with E-state index in [-0.39, 0.29) is 18.3 Å². The third-order valence-corrected chi connectivity index (χ3v) is 3.58. The Morgan fingerprint density at radius 2 is 2.00 bits per heavy atom. The summed E-state index contributed by atoms with van der Waals surface area (Å²) < 4.78 is 18.6. The Bertz CT molecular complexity index is 676. The summed E-state index contributed by atoms with van der Waals surface area (Å²) in [5.41, 5.74) is 1.50. The van der Waals surface area contributed by atoms with E-state index >= 15 is 0 Å². The quantitative estimate of drug-likeness (QED) is 0.803. The smallest absolute Gasteiger partial charge is 0.238 e. The van der Waals surface area contributed by atoms with Crippen molar-refractivity contribution in [3.8, 4) is 5.75 Å². The third-order valence-electron chi connectivity index (χ3n) is 3.58. The molecule has 4 nitrogen and oxygen atoms in total. The van der Waals surface area contributed by atoms with Gasteiger partial charge in [0.15, 0.2) is 0 Å². The van der Waals surface area contributed by atoms with Gasteiger partial charge in [0.05, 0.1) is 19.3 Å². The monoisotopic (exact) mass is 330 g/mol. The van der Waals surface area contributed by atoms with Crippen molar-refractivity contribution in [3.05, 3.63) is 59.9 Å². The van der Waals surface area contributed by atoms with Gasteiger partial charge < -0.3 is 10.1 Å². The van der Waals surface area contributed by atoms with Gasteiger partial charge in [0, 0.05) is 6.54 Å². The topological polar surface area (TPSA) is 41.6 Å². The highest BCUT2D eigenvalue weighted by molar-refractivity contribution is 5.93. The van der Waals surface area contributed by atoms with Crippen molar-refractivity contribution in [1.82, 2.24) is 4.90 Å². The van der Waals surface area contributed by atoms with Crippen LogP contribution in [0.5, 0.6) is 5.75 Å². The number of hydrogen-bond donors (Lipinski definition) is 1. The van der Waals surface area contributed by atoms with Crippen molar-refractivity contribution in [3.63, 3.8) is 0 Å². The number of methoxy groups -OCH3 is 1. The van der Waals surface area contributed by atoms with Gasteiger partial charge in [-0.15, -0.1) is 0 Å². The van der Waals surface area contributed by atoms with Gasteiger partial charge >= 0.3 is 0 Å². The summed E-state index contributed by atoms with van der Waals surface area (Å²) in [4.78, 5) is 14.3. The first-order valence-electron chi connectivity index (χ1n) is 8.02. The van der Waals surface area contributed by atoms with Crippen LogP contribution in [0, 0.1) is 5.82 Å². The van der Waals surface area contributed by atoms with E-state index in [1.807, 2.05) is 23.1 Å². The van der Waals surface area contributed by atoms with E-state index in [0.29, 0.717) is 18.0 Å². The number of carbonyl (C=O) groups excluding carboxylic acids is 1. The fraction of sp³-hybridized carbons (Fsp3) is 0.316. The number of halogens is 1. The van der Waals surface area contributed by atoms with Crippen LogP contribution in [0.3, 0.4) is 0 Å². The molecule has 0 heterocycles. The lowest BCUT2D eigenvalue weighted by Gasteiger charge is -2.21. The van der Waals surface area contributed by atoms with Crippen molar-refractivity contribution in [1.29, 1.82) is 0 Å². The molecule has 1 N–H and O–H groups in total. The Labute approximate surface area is 142 Å². The Kier molecular flexibility index (Phi) is 6.75. The zero-order chi connectivity index (χ0) is 17.4. The number of ether oxygens (including phenoxy) is 1. The molecule has 0 bridgehead atoms. The second-order valence-electron chi connectivity index (χ2n) is 5.59. The van der Waals surface area contributed by atoms with Crippen LogP contribution >= 0.6 is 0 Å². The first kappa shape index (κ1) is 17.9. The van der Waals surface area contributed by atoms with Crippen LogP contribution in [0.15, 0.2) is 48.5 Å². The molecule has 1 amide bonds. The minimum Gasteiger partial charge on any atom is -0.495 e. The highest BCUT2D eigenvalue weighted by Crippen LogP contribution is 2.22. The normalized spacial score (nSPS) is 10.7. The molecule has 0 aliphatic carbocycles. The van der Waals surface area contributed by atoms with Crippen LogP contribution in [0.25, 0.3) is 0 Å². The molecule has 0 atom stereocenters. The number of amides is 1. The van der Waals surface area contributed by atoms with Crippen LogP contribution in [0.2, 0.25) is 0 Å². The van der Waals surface area contributed by atoms with E-state index in [1.165, 1.54) is 12.1 Å². The molecule has 0 saturated heterocycles. The minimum absolute atomic E-state index is 0.121. The van der Waals surface area contributed by atoms with Crippen molar-refractivity contribution in [2.24, 2.45) is 0 Å². The summed E-state index contributed by atoms with van der Waals surface area (Å²) in [5.74, 6) is 0.241. The molecule has 0 aliphatic heterocycles. The van der Waals surface area contributed by atoms with Crippen molar-refractivity contribution >= 4 is 11.6 Å². The molecule has 128 valence electrons. The molecule has 2 aromatic carbocycles. The number of para-hydroxylation sites is 2. The van der Waals surface area contributed by atoms with Gasteiger partial charge in [0.2, 0.25) is 5.91 Å². The Balaban J connectivity index is 2.00. The number of anilines is 1. The second kappa shape index (κ2) is 9.03. The van der Waals surface area contributed by atoms with Gasteiger partial charge in [0.1, 0.15) is 11.6 Å². The first-order chi connectivity index (χ1) is 11.6. The lowest BCUT2D eigenvalue weighted by Crippen LogP contribution is -2.33. The van der Waals surface area contributed by atoms with Gasteiger partial charge in [-0.3, -0.25) is 9.69 Å². The molecule has 5 heteroatoms. The molecule has 2 aromatic rings. The predicted molar refractivity (Wildman–Crippen MR) is 93.6 cm³/mol. The molecule has 0 saturated carbocycles. The molecule has 2 rings (SSSR count). The molecule has 24 heavy (non-hydrogen) atoms. The van der Waals surface area contributed by atoms with Crippen molar-refractivity contribution in [2.45, 2.75) is 19.9 Å². The van der Waals surface area contributed by atoms with Crippen LogP contribution in [0.4, 0.5) is 10.1 Å². The lowest BCUT2D eigenvalue weighted by atomic mass is 10.2. The molecular formula is C19H23FN2O2. The molecule has 0 radical (unpaired) electrons. The maximum atomic E-state index is 13.3. The van der Waals surface area contributed by atoms with E-state index in [2.05, 4.69) is 12.2 Å². The number of rotatable bonds is 8. The lowest BCUT2D eigenvalue weighted by molar-refractivity contribution is -0.117. The largest absolute Gasteiger partial charge is 0.495 e. The van der Waals surface area contributed by atoms with Gasteiger partial charge in [-0.1, -0.05) is 31.2 Å². The number of benzene rings is 2. The van der Waals surface area contributed by atoms with Crippen molar-refractivity contribution < 1.29 is 13.9 Å². The zero-order valence-corrected chi connectivity index (χ0v) is 14.1. The van der Waals surface area contributed by atoms with Gasteiger partial charge in [0.25, 0.3) is 0 Å². The fourth-order valence-corrected chi connectivity index (χ4v) is 2.56. The Hall–Kier alpha value is -2.40. The first-order valence-corrected chi connectivity index (χ1v) is 8.02. The van der Waals surface area contributed by atoms with E-state index in [9.17, 15) is 9.18 Å². The van der Waals surface area contributed by atoms with Crippen LogP contribution in [0.1, 0.15) is 18.9 Å². The van der Waals surface area contributed by atoms with E-state index in [0.717, 1.165) is 18.5 Å². The van der Waals surface area contributed by atoms with Crippen LogP contribution < -0.4 is 10.1 Å². The minimum atomic E-state index is -0.262. The maximum Gasteiger partial charge on any atom is 0.238 e. The van der Waals surface area contributed by atoms with E-state index < -0.39 is 0 Å². The molecular weight excluding hydrogens is 307 g/mol. The standard InChI is InChI=1S/C19H23FN2O2/c1-3-11-22(13-15-7-6-8-16(20)12-15)14-19(23)21-17-9-4-5-10-18(17)24-2/h4-10,12H,3,11,13-14H2,1-2H3,(H,21,23). The second-order valence-corrected chi connectivity index (χ2v) is 5.59. The summed E-state index contributed by atoms with van der Waals surface area (Å²) in [7, 11) is 1.57. The zero-order valence-electron chi connectivity index (χ0n) is 14.1. The van der Waals surface area contributed by atoms with E-state index in [4.69, 9.17) is 4.74 Å². The summed E-state index contributed by atoms with van der Waals surface area (Å²) in [6.45, 7) is 3.58. The van der Waals surface area contributed by atoms with Crippen LogP contribution in [-0.2, 0) is 11.3 Å². The number of nitrogens with one attached hydrogen (secondary N) is 1. The molecule has 0 unspecified atom stereocenters. The molecule has 0 fully saturated rings. The highest BCUT2D eigenvalue weighted by Gasteiger charge is 2.13. The number of nitrogens with zero attached hydrogens (tertiary/aromatic N) is 1. The summed E-state index contributed by atoms with van der Waals surface area (Å²) in [5, 5.41) is 2.87. The number of hydrogen-bond acceptors (Lipinski definition) is 3. The average molecular weight is 330 g/mol. The summed E-state index contributed by atoms with van der Waals surface area (Å²) in [6.07, 6.45) is 0.914. The SMILES string of the molecule is CCCN(CC(=O)Nc1ccccc1OC)Cc1cccc(F)c1. The summed E-state index contributed by atoms with van der Waals surface area (Å²) >= 11 is 0. The van der Waals surface area contributed by atoms with Crippen molar-refractivity contribution in [2.75, 3.05) is 25.5 Å². The highest BCUT2D eigenvalue weighted by atomic mass is 19.1. The molecule has 0 aromatic heterocycles. The van der Waals surface area contributed by atoms with Gasteiger partial charge in [-0.2, -0.15) is 0 Å². The maximum absolute atomic E-state index is 13.3. The Morgan fingerprint density at radius 1 is 1.21 bits per heavy atom. The Morgan fingerprint density at radius 3 is 2.71 bits per heavy atom. The van der Waals surface area contributed by atoms with Gasteiger partial charge in [-0.25, -0.2) is 4.39 Å². The predicted octanol–water partition coefficient (Wildman–Crippen LogP) is 3.69.